The Bertz CT molecular complexity index is 885. The van der Waals surface area contributed by atoms with Gasteiger partial charge in [-0.1, -0.05) is 48.5 Å². The van der Waals surface area contributed by atoms with Crippen molar-refractivity contribution in [1.82, 2.24) is 10.6 Å². The molecule has 0 radical (unpaired) electrons. The van der Waals surface area contributed by atoms with Gasteiger partial charge in [-0.2, -0.15) is 0 Å². The van der Waals surface area contributed by atoms with Crippen molar-refractivity contribution >= 4 is 17.9 Å². The summed E-state index contributed by atoms with van der Waals surface area (Å²) in [5.74, 6) is -1.08. The van der Waals surface area contributed by atoms with E-state index in [2.05, 4.69) is 34.9 Å². The van der Waals surface area contributed by atoms with Crippen molar-refractivity contribution in [2.75, 3.05) is 19.7 Å². The summed E-state index contributed by atoms with van der Waals surface area (Å²) in [6.45, 7) is 0.326. The van der Waals surface area contributed by atoms with E-state index in [9.17, 15) is 14.4 Å². The highest BCUT2D eigenvalue weighted by molar-refractivity contribution is 5.86. The SMILES string of the molecule is NC(=O)CNC(=O)[C@@H](N)CCCNC(=O)OCC1c2ccccc2-c2ccccc21. The van der Waals surface area contributed by atoms with E-state index in [0.29, 0.717) is 19.4 Å². The summed E-state index contributed by atoms with van der Waals surface area (Å²) in [5.41, 5.74) is 15.4. The van der Waals surface area contributed by atoms with Crippen LogP contribution in [0.15, 0.2) is 48.5 Å². The molecule has 2 aromatic rings. The molecule has 1 aliphatic rings. The van der Waals surface area contributed by atoms with Gasteiger partial charge in [0.2, 0.25) is 11.8 Å². The number of alkyl carbamates (subject to hydrolysis) is 1. The van der Waals surface area contributed by atoms with Crippen LogP contribution in [-0.2, 0) is 14.3 Å². The Kier molecular flexibility index (Phi) is 7.03. The summed E-state index contributed by atoms with van der Waals surface area (Å²) in [6, 6.07) is 15.5. The number of ether oxygens (including phenoxy) is 1. The minimum absolute atomic E-state index is 0.00511. The van der Waals surface area contributed by atoms with Crippen LogP contribution in [0.25, 0.3) is 11.1 Å². The van der Waals surface area contributed by atoms with Crippen LogP contribution in [0.1, 0.15) is 29.9 Å². The fourth-order valence-corrected chi connectivity index (χ4v) is 3.60. The summed E-state index contributed by atoms with van der Waals surface area (Å²) in [4.78, 5) is 34.4. The van der Waals surface area contributed by atoms with E-state index in [4.69, 9.17) is 16.2 Å². The third-order valence-corrected chi connectivity index (χ3v) is 5.08. The first-order valence-electron chi connectivity index (χ1n) is 9.88. The van der Waals surface area contributed by atoms with E-state index < -0.39 is 23.9 Å². The molecule has 6 N–H and O–H groups in total. The first kappa shape index (κ1) is 21.3. The zero-order chi connectivity index (χ0) is 21.5. The predicted octanol–water partition coefficient (Wildman–Crippen LogP) is 1.23. The van der Waals surface area contributed by atoms with E-state index in [1.54, 1.807) is 0 Å². The highest BCUT2D eigenvalue weighted by atomic mass is 16.5. The number of carbonyl (C=O) groups excluding carboxylic acids is 3. The zero-order valence-corrected chi connectivity index (χ0v) is 16.6. The average Bonchev–Trinajstić information content (AvgIpc) is 3.07. The normalized spacial score (nSPS) is 13.1. The molecule has 0 heterocycles. The Morgan fingerprint density at radius 3 is 2.17 bits per heavy atom. The molecule has 1 aliphatic carbocycles. The molecule has 30 heavy (non-hydrogen) atoms. The number of fused-ring (bicyclic) bond motifs is 3. The highest BCUT2D eigenvalue weighted by Gasteiger charge is 2.28. The van der Waals surface area contributed by atoms with Gasteiger partial charge in [0.05, 0.1) is 12.6 Å². The summed E-state index contributed by atoms with van der Waals surface area (Å²) in [5, 5.41) is 5.03. The molecule has 8 nitrogen and oxygen atoms in total. The number of benzene rings is 2. The molecular formula is C22H26N4O4. The molecule has 158 valence electrons. The second-order valence-electron chi connectivity index (χ2n) is 7.19. The lowest BCUT2D eigenvalue weighted by molar-refractivity contribution is -0.125. The number of carbonyl (C=O) groups is 3. The van der Waals surface area contributed by atoms with Crippen molar-refractivity contribution in [2.24, 2.45) is 11.5 Å². The van der Waals surface area contributed by atoms with Crippen LogP contribution in [0, 0.1) is 0 Å². The first-order chi connectivity index (χ1) is 14.5. The average molecular weight is 410 g/mol. The van der Waals surface area contributed by atoms with Crippen LogP contribution in [0.3, 0.4) is 0 Å². The molecule has 8 heteroatoms. The number of primary amides is 1. The molecule has 0 fully saturated rings. The van der Waals surface area contributed by atoms with Crippen LogP contribution in [0.2, 0.25) is 0 Å². The quantitative estimate of drug-likeness (QED) is 0.461. The molecular weight excluding hydrogens is 384 g/mol. The van der Waals surface area contributed by atoms with Crippen molar-refractivity contribution in [1.29, 1.82) is 0 Å². The summed E-state index contributed by atoms with van der Waals surface area (Å²) in [6.07, 6.45) is 0.340. The van der Waals surface area contributed by atoms with Crippen molar-refractivity contribution in [3.63, 3.8) is 0 Å². The van der Waals surface area contributed by atoms with Gasteiger partial charge in [-0.25, -0.2) is 4.79 Å². The monoisotopic (exact) mass is 410 g/mol. The van der Waals surface area contributed by atoms with Crippen LogP contribution < -0.4 is 22.1 Å². The standard InChI is InChI=1S/C22H26N4O4/c23-19(21(28)26-12-20(24)27)10-5-11-25-22(29)30-13-18-16-8-3-1-6-14(16)15-7-2-4-9-17(15)18/h1-4,6-9,18-19H,5,10-13,23H2,(H2,24,27)(H,25,29)(H,26,28)/t19-/m0/s1. The van der Waals surface area contributed by atoms with Gasteiger partial charge in [0.25, 0.3) is 0 Å². The lowest BCUT2D eigenvalue weighted by Gasteiger charge is -2.15. The number of rotatable bonds is 9. The van der Waals surface area contributed by atoms with Gasteiger partial charge in [-0.3, -0.25) is 9.59 Å². The van der Waals surface area contributed by atoms with Gasteiger partial charge in [-0.15, -0.1) is 0 Å². The summed E-state index contributed by atoms with van der Waals surface area (Å²) < 4.78 is 5.45. The van der Waals surface area contributed by atoms with Crippen molar-refractivity contribution in [2.45, 2.75) is 24.8 Å². The lowest BCUT2D eigenvalue weighted by atomic mass is 9.98. The molecule has 3 rings (SSSR count). The molecule has 0 aromatic heterocycles. The summed E-state index contributed by atoms with van der Waals surface area (Å²) in [7, 11) is 0. The van der Waals surface area contributed by atoms with Crippen LogP contribution in [0.5, 0.6) is 0 Å². The Hall–Kier alpha value is -3.39. The van der Waals surface area contributed by atoms with Gasteiger partial charge < -0.3 is 26.8 Å². The number of hydrogen-bond acceptors (Lipinski definition) is 5. The lowest BCUT2D eigenvalue weighted by Crippen LogP contribution is -2.44. The highest BCUT2D eigenvalue weighted by Crippen LogP contribution is 2.44. The van der Waals surface area contributed by atoms with E-state index in [-0.39, 0.29) is 19.1 Å². The topological polar surface area (TPSA) is 137 Å². The first-order valence-corrected chi connectivity index (χ1v) is 9.88. The third kappa shape index (κ3) is 5.15. The fraction of sp³-hybridized carbons (Fsp3) is 0.318. The molecule has 0 saturated carbocycles. The van der Waals surface area contributed by atoms with Crippen LogP contribution in [0.4, 0.5) is 4.79 Å². The minimum Gasteiger partial charge on any atom is -0.449 e. The molecule has 0 spiro atoms. The zero-order valence-electron chi connectivity index (χ0n) is 16.6. The Morgan fingerprint density at radius 2 is 1.57 bits per heavy atom. The van der Waals surface area contributed by atoms with E-state index >= 15 is 0 Å². The predicted molar refractivity (Wildman–Crippen MR) is 112 cm³/mol. The molecule has 0 saturated heterocycles. The fourth-order valence-electron chi connectivity index (χ4n) is 3.60. The largest absolute Gasteiger partial charge is 0.449 e. The van der Waals surface area contributed by atoms with E-state index in [0.717, 1.165) is 11.1 Å². The van der Waals surface area contributed by atoms with E-state index in [1.165, 1.54) is 11.1 Å². The number of amides is 3. The second kappa shape index (κ2) is 9.89. The Morgan fingerprint density at radius 1 is 0.967 bits per heavy atom. The van der Waals surface area contributed by atoms with Gasteiger partial charge in [0, 0.05) is 12.5 Å². The second-order valence-corrected chi connectivity index (χ2v) is 7.19. The van der Waals surface area contributed by atoms with Gasteiger partial charge in [0.15, 0.2) is 0 Å². The van der Waals surface area contributed by atoms with Gasteiger partial charge in [0.1, 0.15) is 6.61 Å². The molecule has 0 aliphatic heterocycles. The van der Waals surface area contributed by atoms with Crippen molar-refractivity contribution in [3.05, 3.63) is 59.7 Å². The van der Waals surface area contributed by atoms with Crippen molar-refractivity contribution < 1.29 is 19.1 Å². The molecule has 2 aromatic carbocycles. The molecule has 1 atom stereocenters. The minimum atomic E-state index is -0.770. The number of nitrogens with two attached hydrogens (primary N) is 2. The Labute approximate surface area is 175 Å². The smallest absolute Gasteiger partial charge is 0.407 e. The number of nitrogens with one attached hydrogen (secondary N) is 2. The molecule has 3 amide bonds. The van der Waals surface area contributed by atoms with Gasteiger partial charge in [-0.05, 0) is 35.1 Å². The Balaban J connectivity index is 1.42. The van der Waals surface area contributed by atoms with Crippen LogP contribution in [-0.4, -0.2) is 43.6 Å². The molecule has 0 unspecified atom stereocenters. The van der Waals surface area contributed by atoms with Crippen LogP contribution >= 0.6 is 0 Å². The maximum Gasteiger partial charge on any atom is 0.407 e. The maximum atomic E-state index is 12.1. The maximum absolute atomic E-state index is 12.1. The third-order valence-electron chi connectivity index (χ3n) is 5.08. The van der Waals surface area contributed by atoms with E-state index in [1.807, 2.05) is 24.3 Å². The molecule has 0 bridgehead atoms. The summed E-state index contributed by atoms with van der Waals surface area (Å²) >= 11 is 0. The number of hydrogen-bond donors (Lipinski definition) is 4. The van der Waals surface area contributed by atoms with Gasteiger partial charge >= 0.3 is 6.09 Å². The van der Waals surface area contributed by atoms with Crippen molar-refractivity contribution in [3.8, 4) is 11.1 Å².